The fourth-order valence-electron chi connectivity index (χ4n) is 2.72. The van der Waals surface area contributed by atoms with Gasteiger partial charge >= 0.3 is 5.97 Å². The molecule has 0 saturated carbocycles. The third-order valence-electron chi connectivity index (χ3n) is 3.83. The number of fused-ring (bicyclic) bond motifs is 1. The summed E-state index contributed by atoms with van der Waals surface area (Å²) in [7, 11) is 1.55. The first kappa shape index (κ1) is 15.2. The minimum atomic E-state index is -0.344. The monoisotopic (exact) mass is 314 g/mol. The van der Waals surface area contributed by atoms with Gasteiger partial charge in [-0.2, -0.15) is 0 Å². The lowest BCUT2D eigenvalue weighted by atomic mass is 9.96. The summed E-state index contributed by atoms with van der Waals surface area (Å²) in [5.41, 5.74) is 1.80. The second-order valence-electron chi connectivity index (χ2n) is 5.43. The number of carbonyl (C=O) groups excluding carboxylic acids is 1. The number of phenols is 1. The molecule has 0 radical (unpaired) electrons. The molecule has 1 aliphatic rings. The van der Waals surface area contributed by atoms with E-state index in [0.29, 0.717) is 17.2 Å². The van der Waals surface area contributed by atoms with Gasteiger partial charge < -0.3 is 19.3 Å². The van der Waals surface area contributed by atoms with Gasteiger partial charge in [-0.25, -0.2) is 0 Å². The topological polar surface area (TPSA) is 65.0 Å². The van der Waals surface area contributed by atoms with E-state index in [0.717, 1.165) is 24.0 Å². The Morgan fingerprint density at radius 1 is 1.22 bits per heavy atom. The summed E-state index contributed by atoms with van der Waals surface area (Å²) >= 11 is 0. The molecule has 1 N–H and O–H groups in total. The SMILES string of the molecule is COc1cc(O)c2c(c1)OC(c1ccc(OC(C)=O)cc1)CC2. The molecule has 1 unspecified atom stereocenters. The number of ether oxygens (including phenoxy) is 3. The molecular formula is C18H18O5. The van der Waals surface area contributed by atoms with Crippen LogP contribution in [0.1, 0.15) is 30.6 Å². The predicted octanol–water partition coefficient (Wildman–Crippen LogP) is 3.39. The largest absolute Gasteiger partial charge is 0.507 e. The van der Waals surface area contributed by atoms with E-state index in [1.807, 2.05) is 12.1 Å². The third kappa shape index (κ3) is 3.23. The number of esters is 1. The van der Waals surface area contributed by atoms with Crippen LogP contribution in [0.4, 0.5) is 0 Å². The molecule has 1 aliphatic heterocycles. The molecule has 5 heteroatoms. The van der Waals surface area contributed by atoms with Crippen LogP contribution in [0.5, 0.6) is 23.0 Å². The second-order valence-corrected chi connectivity index (χ2v) is 5.43. The fraction of sp³-hybridized carbons (Fsp3) is 0.278. The van der Waals surface area contributed by atoms with E-state index in [1.54, 1.807) is 31.4 Å². The van der Waals surface area contributed by atoms with Crippen molar-refractivity contribution >= 4 is 5.97 Å². The number of benzene rings is 2. The molecule has 2 aromatic rings. The average molecular weight is 314 g/mol. The average Bonchev–Trinajstić information content (AvgIpc) is 2.54. The van der Waals surface area contributed by atoms with Crippen LogP contribution in [-0.2, 0) is 11.2 Å². The molecule has 2 aromatic carbocycles. The van der Waals surface area contributed by atoms with E-state index >= 15 is 0 Å². The van der Waals surface area contributed by atoms with E-state index in [9.17, 15) is 9.90 Å². The molecule has 0 amide bonds. The van der Waals surface area contributed by atoms with Gasteiger partial charge in [0.2, 0.25) is 0 Å². The Balaban J connectivity index is 1.81. The van der Waals surface area contributed by atoms with Crippen molar-refractivity contribution in [1.82, 2.24) is 0 Å². The molecule has 0 spiro atoms. The van der Waals surface area contributed by atoms with Crippen molar-refractivity contribution in [3.63, 3.8) is 0 Å². The smallest absolute Gasteiger partial charge is 0.308 e. The summed E-state index contributed by atoms with van der Waals surface area (Å²) < 4.78 is 16.2. The Morgan fingerprint density at radius 3 is 2.61 bits per heavy atom. The Hall–Kier alpha value is -2.69. The van der Waals surface area contributed by atoms with Crippen LogP contribution >= 0.6 is 0 Å². The predicted molar refractivity (Wildman–Crippen MR) is 84.1 cm³/mol. The van der Waals surface area contributed by atoms with Gasteiger partial charge in [-0.3, -0.25) is 4.79 Å². The summed E-state index contributed by atoms with van der Waals surface area (Å²) in [4.78, 5) is 10.9. The van der Waals surface area contributed by atoms with Crippen molar-refractivity contribution in [2.45, 2.75) is 25.9 Å². The van der Waals surface area contributed by atoms with Crippen molar-refractivity contribution in [3.8, 4) is 23.0 Å². The molecule has 23 heavy (non-hydrogen) atoms. The van der Waals surface area contributed by atoms with Gasteiger partial charge in [-0.05, 0) is 30.5 Å². The van der Waals surface area contributed by atoms with Crippen molar-refractivity contribution in [1.29, 1.82) is 0 Å². The van der Waals surface area contributed by atoms with Gasteiger partial charge in [0.25, 0.3) is 0 Å². The Morgan fingerprint density at radius 2 is 1.96 bits per heavy atom. The van der Waals surface area contributed by atoms with E-state index in [-0.39, 0.29) is 17.8 Å². The summed E-state index contributed by atoms with van der Waals surface area (Å²) in [6.07, 6.45) is 1.38. The molecule has 5 nitrogen and oxygen atoms in total. The molecule has 0 bridgehead atoms. The van der Waals surface area contributed by atoms with E-state index in [2.05, 4.69) is 0 Å². The maximum Gasteiger partial charge on any atom is 0.308 e. The minimum Gasteiger partial charge on any atom is -0.507 e. The highest BCUT2D eigenvalue weighted by Gasteiger charge is 2.24. The van der Waals surface area contributed by atoms with Crippen LogP contribution in [0, 0.1) is 0 Å². The van der Waals surface area contributed by atoms with Crippen LogP contribution in [0.2, 0.25) is 0 Å². The first-order chi connectivity index (χ1) is 11.1. The van der Waals surface area contributed by atoms with E-state index in [1.165, 1.54) is 6.92 Å². The number of hydrogen-bond donors (Lipinski definition) is 1. The highest BCUT2D eigenvalue weighted by Crippen LogP contribution is 2.41. The normalized spacial score (nSPS) is 16.2. The number of hydrogen-bond acceptors (Lipinski definition) is 5. The molecule has 0 aromatic heterocycles. The highest BCUT2D eigenvalue weighted by atomic mass is 16.5. The number of rotatable bonds is 3. The quantitative estimate of drug-likeness (QED) is 0.695. The van der Waals surface area contributed by atoms with E-state index < -0.39 is 0 Å². The summed E-state index contributed by atoms with van der Waals surface area (Å²) in [5.74, 6) is 1.57. The zero-order valence-corrected chi connectivity index (χ0v) is 13.0. The Labute approximate surface area is 134 Å². The number of carbonyl (C=O) groups is 1. The lowest BCUT2D eigenvalue weighted by molar-refractivity contribution is -0.131. The Kier molecular flexibility index (Phi) is 4.10. The van der Waals surface area contributed by atoms with Crippen LogP contribution in [-0.4, -0.2) is 18.2 Å². The molecule has 1 heterocycles. The molecule has 0 aliphatic carbocycles. The maximum atomic E-state index is 10.9. The molecular weight excluding hydrogens is 296 g/mol. The van der Waals surface area contributed by atoms with Gasteiger partial charge in [0.15, 0.2) is 0 Å². The first-order valence-corrected chi connectivity index (χ1v) is 7.41. The van der Waals surface area contributed by atoms with E-state index in [4.69, 9.17) is 14.2 Å². The minimum absolute atomic E-state index is 0.111. The standard InChI is InChI=1S/C18H18O5/c1-11(19)22-13-5-3-12(4-6-13)17-8-7-15-16(20)9-14(21-2)10-18(15)23-17/h3-6,9-10,17,20H,7-8H2,1-2H3. The summed E-state index contributed by atoms with van der Waals surface area (Å²) in [6.45, 7) is 1.37. The maximum absolute atomic E-state index is 10.9. The number of methoxy groups -OCH3 is 1. The molecule has 1 atom stereocenters. The first-order valence-electron chi connectivity index (χ1n) is 7.41. The van der Waals surface area contributed by atoms with Crippen molar-refractivity contribution in [2.24, 2.45) is 0 Å². The highest BCUT2D eigenvalue weighted by molar-refractivity contribution is 5.69. The fourth-order valence-corrected chi connectivity index (χ4v) is 2.72. The number of phenolic OH excluding ortho intramolecular Hbond substituents is 1. The van der Waals surface area contributed by atoms with Gasteiger partial charge in [-0.1, -0.05) is 12.1 Å². The lowest BCUT2D eigenvalue weighted by Crippen LogP contribution is -2.15. The molecule has 0 fully saturated rings. The Bertz CT molecular complexity index is 721. The van der Waals surface area contributed by atoms with Crippen molar-refractivity contribution in [2.75, 3.05) is 7.11 Å². The summed E-state index contributed by atoms with van der Waals surface area (Å²) in [5, 5.41) is 10.0. The molecule has 0 saturated heterocycles. The third-order valence-corrected chi connectivity index (χ3v) is 3.83. The lowest BCUT2D eigenvalue weighted by Gasteiger charge is -2.27. The van der Waals surface area contributed by atoms with Gasteiger partial charge in [0, 0.05) is 24.6 Å². The molecule has 3 rings (SSSR count). The summed E-state index contributed by atoms with van der Waals surface area (Å²) in [6, 6.07) is 10.6. The molecule has 120 valence electrons. The van der Waals surface area contributed by atoms with Gasteiger partial charge in [0.05, 0.1) is 7.11 Å². The second kappa shape index (κ2) is 6.20. The van der Waals surface area contributed by atoms with Crippen LogP contribution in [0.3, 0.4) is 0 Å². The zero-order chi connectivity index (χ0) is 16.4. The van der Waals surface area contributed by atoms with Crippen LogP contribution < -0.4 is 14.2 Å². The number of aromatic hydroxyl groups is 1. The van der Waals surface area contributed by atoms with Gasteiger partial charge in [-0.15, -0.1) is 0 Å². The van der Waals surface area contributed by atoms with Gasteiger partial charge in [0.1, 0.15) is 29.1 Å². The van der Waals surface area contributed by atoms with Crippen LogP contribution in [0.25, 0.3) is 0 Å². The van der Waals surface area contributed by atoms with Crippen molar-refractivity contribution < 1.29 is 24.1 Å². The van der Waals surface area contributed by atoms with Crippen LogP contribution in [0.15, 0.2) is 36.4 Å². The zero-order valence-electron chi connectivity index (χ0n) is 13.0. The van der Waals surface area contributed by atoms with Crippen molar-refractivity contribution in [3.05, 3.63) is 47.5 Å².